The maximum atomic E-state index is 11.9. The van der Waals surface area contributed by atoms with Crippen molar-refractivity contribution < 1.29 is 14.7 Å². The van der Waals surface area contributed by atoms with E-state index in [-0.39, 0.29) is 12.3 Å². The zero-order valence-electron chi connectivity index (χ0n) is 13.6. The summed E-state index contributed by atoms with van der Waals surface area (Å²) in [4.78, 5) is 23.0. The molecule has 1 aromatic heterocycles. The van der Waals surface area contributed by atoms with Gasteiger partial charge in [-0.15, -0.1) is 6.58 Å². The number of allylic oxidation sites excluding steroid dienone is 2. The van der Waals surface area contributed by atoms with Crippen molar-refractivity contribution in [2.75, 3.05) is 0 Å². The molecular weight excluding hydrogens is 292 g/mol. The zero-order chi connectivity index (χ0) is 17.1. The van der Waals surface area contributed by atoms with E-state index in [1.807, 2.05) is 32.1 Å². The highest BCUT2D eigenvalue weighted by atomic mass is 16.4. The monoisotopic (exact) mass is 312 g/mol. The molecule has 1 heterocycles. The Balaban J connectivity index is 2.84. The van der Waals surface area contributed by atoms with Crippen molar-refractivity contribution in [1.29, 1.82) is 0 Å². The number of rotatable bonds is 6. The van der Waals surface area contributed by atoms with Crippen LogP contribution in [0, 0.1) is 0 Å². The lowest BCUT2D eigenvalue weighted by atomic mass is 10.0. The molecule has 0 saturated carbocycles. The fourth-order valence-electron chi connectivity index (χ4n) is 2.66. The van der Waals surface area contributed by atoms with Crippen LogP contribution in [0.4, 0.5) is 0 Å². The summed E-state index contributed by atoms with van der Waals surface area (Å²) in [6.45, 7) is 8.91. The Morgan fingerprint density at radius 1 is 1.30 bits per heavy atom. The lowest BCUT2D eigenvalue weighted by molar-refractivity contribution is -0.137. The summed E-state index contributed by atoms with van der Waals surface area (Å²) in [6, 6.07) is 3.87. The number of benzene rings is 1. The van der Waals surface area contributed by atoms with Gasteiger partial charge in [-0.05, 0) is 43.5 Å². The molecule has 23 heavy (non-hydrogen) atoms. The number of Topliss-reactive ketones (excluding diaryl/α,β-unsaturated/α-hetero) is 1. The van der Waals surface area contributed by atoms with Gasteiger partial charge in [0.1, 0.15) is 12.2 Å². The van der Waals surface area contributed by atoms with Crippen LogP contribution in [0.5, 0.6) is 0 Å². The number of carbonyl (C=O) groups excluding carboxylic acids is 1. The second-order valence-corrected chi connectivity index (χ2v) is 5.75. The Labute approximate surface area is 134 Å². The number of nitrogens with zero attached hydrogens (tertiary/aromatic N) is 2. The van der Waals surface area contributed by atoms with Crippen molar-refractivity contribution in [3.05, 3.63) is 47.2 Å². The second-order valence-electron chi connectivity index (χ2n) is 5.75. The fourth-order valence-corrected chi connectivity index (χ4v) is 2.66. The van der Waals surface area contributed by atoms with E-state index in [0.717, 1.165) is 16.7 Å². The van der Waals surface area contributed by atoms with E-state index in [1.54, 1.807) is 6.08 Å². The molecular formula is C18H20N2O3. The van der Waals surface area contributed by atoms with Gasteiger partial charge in [0, 0.05) is 12.3 Å². The first-order chi connectivity index (χ1) is 10.8. The number of aromatic nitrogens is 2. The first kappa shape index (κ1) is 16.7. The molecule has 120 valence electrons. The number of fused-ring (bicyclic) bond motifs is 1. The molecule has 0 aliphatic carbocycles. The molecule has 0 saturated heterocycles. The van der Waals surface area contributed by atoms with E-state index in [4.69, 9.17) is 5.11 Å². The average molecular weight is 312 g/mol. The Kier molecular flexibility index (Phi) is 4.79. The summed E-state index contributed by atoms with van der Waals surface area (Å²) in [5, 5.41) is 14.0. The molecule has 0 bridgehead atoms. The third-order valence-electron chi connectivity index (χ3n) is 3.38. The molecule has 5 nitrogen and oxygen atoms in total. The smallest absolute Gasteiger partial charge is 0.325 e. The normalized spacial score (nSPS) is 10.6. The van der Waals surface area contributed by atoms with Crippen LogP contribution < -0.4 is 0 Å². The number of carboxylic acids is 1. The summed E-state index contributed by atoms with van der Waals surface area (Å²) in [5.41, 5.74) is 3.99. The highest BCUT2D eigenvalue weighted by molar-refractivity contribution is 6.06. The van der Waals surface area contributed by atoms with E-state index >= 15 is 0 Å². The molecule has 0 amide bonds. The van der Waals surface area contributed by atoms with Gasteiger partial charge in [-0.25, -0.2) is 0 Å². The third kappa shape index (κ3) is 3.56. The molecule has 5 heteroatoms. The predicted molar refractivity (Wildman–Crippen MR) is 90.6 cm³/mol. The maximum absolute atomic E-state index is 11.9. The van der Waals surface area contributed by atoms with Crippen molar-refractivity contribution in [3.63, 3.8) is 0 Å². The minimum absolute atomic E-state index is 0.182. The molecule has 0 aliphatic rings. The van der Waals surface area contributed by atoms with Crippen molar-refractivity contribution in [2.45, 2.75) is 33.7 Å². The summed E-state index contributed by atoms with van der Waals surface area (Å²) < 4.78 is 1.39. The second kappa shape index (κ2) is 6.60. The van der Waals surface area contributed by atoms with Gasteiger partial charge >= 0.3 is 5.97 Å². The molecule has 0 spiro atoms. The number of hydrogen-bond acceptors (Lipinski definition) is 3. The van der Waals surface area contributed by atoms with Gasteiger partial charge in [0.2, 0.25) is 0 Å². The number of aliphatic carboxylic acids is 1. The fraction of sp³-hybridized carbons (Fsp3) is 0.278. The minimum Gasteiger partial charge on any atom is -0.480 e. The van der Waals surface area contributed by atoms with Crippen molar-refractivity contribution in [3.8, 4) is 0 Å². The zero-order valence-corrected chi connectivity index (χ0v) is 13.6. The molecule has 0 unspecified atom stereocenters. The van der Waals surface area contributed by atoms with Gasteiger partial charge in [0.25, 0.3) is 0 Å². The highest BCUT2D eigenvalue weighted by Gasteiger charge is 2.18. The van der Waals surface area contributed by atoms with Crippen LogP contribution in [0.2, 0.25) is 0 Å². The van der Waals surface area contributed by atoms with Gasteiger partial charge in [0.15, 0.2) is 5.78 Å². The molecule has 0 aliphatic heterocycles. The molecule has 1 N–H and O–H groups in total. The highest BCUT2D eigenvalue weighted by Crippen LogP contribution is 2.27. The number of ketones is 1. The maximum Gasteiger partial charge on any atom is 0.325 e. The lowest BCUT2D eigenvalue weighted by Crippen LogP contribution is -2.11. The van der Waals surface area contributed by atoms with E-state index < -0.39 is 5.97 Å². The Morgan fingerprint density at radius 3 is 2.52 bits per heavy atom. The summed E-state index contributed by atoms with van der Waals surface area (Å²) in [6.07, 6.45) is 4.35. The van der Waals surface area contributed by atoms with Crippen molar-refractivity contribution >= 4 is 28.7 Å². The van der Waals surface area contributed by atoms with E-state index in [1.165, 1.54) is 11.6 Å². The van der Waals surface area contributed by atoms with Crippen LogP contribution in [0.15, 0.2) is 30.4 Å². The Morgan fingerprint density at radius 2 is 2.00 bits per heavy atom. The Bertz CT molecular complexity index is 824. The molecule has 1 aromatic carbocycles. The van der Waals surface area contributed by atoms with Crippen LogP contribution in [0.25, 0.3) is 17.0 Å². The predicted octanol–water partition coefficient (Wildman–Crippen LogP) is 3.48. The van der Waals surface area contributed by atoms with Gasteiger partial charge < -0.3 is 5.11 Å². The quantitative estimate of drug-likeness (QED) is 0.655. The van der Waals surface area contributed by atoms with Gasteiger partial charge in [-0.1, -0.05) is 17.7 Å². The molecule has 0 atom stereocenters. The van der Waals surface area contributed by atoms with E-state index in [0.29, 0.717) is 23.0 Å². The summed E-state index contributed by atoms with van der Waals surface area (Å²) in [7, 11) is 0. The molecule has 0 fully saturated rings. The standard InChI is InChI=1S/C18H20N2O3/c1-5-6-14-8-13(7-11(2)3)9-15-17(12(4)21)19-20(18(14)15)10-16(22)23/h5,7-9H,1,6,10H2,2-4H3,(H,22,23). The summed E-state index contributed by atoms with van der Waals surface area (Å²) >= 11 is 0. The largest absolute Gasteiger partial charge is 0.480 e. The molecule has 2 aromatic rings. The lowest BCUT2D eigenvalue weighted by Gasteiger charge is -2.07. The first-order valence-electron chi connectivity index (χ1n) is 7.35. The third-order valence-corrected chi connectivity index (χ3v) is 3.38. The minimum atomic E-state index is -0.998. The number of carboxylic acid groups (broad SMARTS) is 1. The SMILES string of the molecule is C=CCc1cc(C=C(C)C)cc2c(C(C)=O)nn(CC(=O)O)c12. The molecule has 2 rings (SSSR count). The Hall–Kier alpha value is -2.69. The summed E-state index contributed by atoms with van der Waals surface area (Å²) in [5.74, 6) is -1.18. The average Bonchev–Trinajstić information content (AvgIpc) is 2.76. The van der Waals surface area contributed by atoms with Gasteiger partial charge in [0.05, 0.1) is 5.52 Å². The van der Waals surface area contributed by atoms with Crippen LogP contribution in [0.3, 0.4) is 0 Å². The van der Waals surface area contributed by atoms with E-state index in [2.05, 4.69) is 11.7 Å². The van der Waals surface area contributed by atoms with Crippen molar-refractivity contribution in [1.82, 2.24) is 9.78 Å². The van der Waals surface area contributed by atoms with Crippen molar-refractivity contribution in [2.24, 2.45) is 0 Å². The van der Waals surface area contributed by atoms with E-state index in [9.17, 15) is 9.59 Å². The number of hydrogen-bond donors (Lipinski definition) is 1. The van der Waals surface area contributed by atoms with Gasteiger partial charge in [-0.3, -0.25) is 14.3 Å². The molecule has 0 radical (unpaired) electrons. The van der Waals surface area contributed by atoms with Crippen LogP contribution >= 0.6 is 0 Å². The topological polar surface area (TPSA) is 72.2 Å². The van der Waals surface area contributed by atoms with Crippen LogP contribution in [-0.4, -0.2) is 26.6 Å². The van der Waals surface area contributed by atoms with Crippen LogP contribution in [-0.2, 0) is 17.8 Å². The first-order valence-corrected chi connectivity index (χ1v) is 7.35. The van der Waals surface area contributed by atoms with Gasteiger partial charge in [-0.2, -0.15) is 5.10 Å². The number of carbonyl (C=O) groups is 2. The van der Waals surface area contributed by atoms with Crippen LogP contribution in [0.1, 0.15) is 42.4 Å².